The van der Waals surface area contributed by atoms with Gasteiger partial charge in [0.15, 0.2) is 5.76 Å². The summed E-state index contributed by atoms with van der Waals surface area (Å²) in [6.45, 7) is 1.61. The van der Waals surface area contributed by atoms with Crippen molar-refractivity contribution in [2.75, 3.05) is 10.0 Å². The molecule has 6 nitrogen and oxygen atoms in total. The Kier molecular flexibility index (Phi) is 4.77. The van der Waals surface area contributed by atoms with Crippen LogP contribution in [-0.2, 0) is 10.0 Å². The molecule has 0 atom stereocenters. The summed E-state index contributed by atoms with van der Waals surface area (Å²) in [4.78, 5) is 12.0. The van der Waals surface area contributed by atoms with Crippen LogP contribution in [0.4, 0.5) is 15.8 Å². The zero-order valence-electron chi connectivity index (χ0n) is 13.7. The maximum Gasteiger partial charge on any atom is 0.291 e. The molecule has 134 valence electrons. The van der Waals surface area contributed by atoms with Crippen molar-refractivity contribution in [3.05, 3.63) is 78.0 Å². The van der Waals surface area contributed by atoms with E-state index in [2.05, 4.69) is 10.0 Å². The van der Waals surface area contributed by atoms with Gasteiger partial charge in [0.2, 0.25) is 0 Å². The van der Waals surface area contributed by atoms with Crippen LogP contribution in [0.25, 0.3) is 0 Å². The van der Waals surface area contributed by atoms with Gasteiger partial charge < -0.3 is 9.73 Å². The van der Waals surface area contributed by atoms with Crippen molar-refractivity contribution in [1.82, 2.24) is 0 Å². The topological polar surface area (TPSA) is 88.4 Å². The molecule has 0 aliphatic heterocycles. The summed E-state index contributed by atoms with van der Waals surface area (Å²) >= 11 is 0. The monoisotopic (exact) mass is 374 g/mol. The molecule has 0 saturated heterocycles. The molecule has 0 bridgehead atoms. The molecule has 0 fully saturated rings. The van der Waals surface area contributed by atoms with Gasteiger partial charge in [-0.05, 0) is 48.9 Å². The molecule has 0 unspecified atom stereocenters. The van der Waals surface area contributed by atoms with E-state index in [9.17, 15) is 17.6 Å². The number of hydrogen-bond donors (Lipinski definition) is 2. The molecule has 1 amide bonds. The number of rotatable bonds is 5. The lowest BCUT2D eigenvalue weighted by atomic mass is 10.2. The molecule has 1 aromatic heterocycles. The second kappa shape index (κ2) is 7.01. The van der Waals surface area contributed by atoms with Gasteiger partial charge in [-0.25, -0.2) is 12.8 Å². The lowest BCUT2D eigenvalue weighted by Gasteiger charge is -2.13. The standard InChI is InChI=1S/C18H15FN2O4S/c1-12-8-9-13(20-18(22)16-7-4-10-25-16)11-17(12)26(23,24)21-15-6-3-2-5-14(15)19/h2-11,21H,1H3,(H,20,22). The number of hydrogen-bond acceptors (Lipinski definition) is 4. The Morgan fingerprint density at radius 3 is 2.54 bits per heavy atom. The summed E-state index contributed by atoms with van der Waals surface area (Å²) < 4.78 is 46.2. The van der Waals surface area contributed by atoms with E-state index in [1.165, 1.54) is 36.6 Å². The predicted octanol–water partition coefficient (Wildman–Crippen LogP) is 3.78. The number of benzene rings is 2. The van der Waals surface area contributed by atoms with Crippen LogP contribution in [-0.4, -0.2) is 14.3 Å². The highest BCUT2D eigenvalue weighted by Gasteiger charge is 2.20. The molecule has 0 aliphatic carbocycles. The van der Waals surface area contributed by atoms with Gasteiger partial charge >= 0.3 is 0 Å². The van der Waals surface area contributed by atoms with Crippen LogP contribution in [0.5, 0.6) is 0 Å². The number of amides is 1. The van der Waals surface area contributed by atoms with Gasteiger partial charge in [-0.3, -0.25) is 9.52 Å². The average molecular weight is 374 g/mol. The van der Waals surface area contributed by atoms with Crippen LogP contribution in [0.2, 0.25) is 0 Å². The Morgan fingerprint density at radius 1 is 1.08 bits per heavy atom. The van der Waals surface area contributed by atoms with E-state index in [1.807, 2.05) is 0 Å². The van der Waals surface area contributed by atoms with E-state index in [0.717, 1.165) is 6.07 Å². The van der Waals surface area contributed by atoms with Crippen LogP contribution in [0, 0.1) is 12.7 Å². The molecule has 3 aromatic rings. The van der Waals surface area contributed by atoms with E-state index in [-0.39, 0.29) is 22.0 Å². The molecule has 0 spiro atoms. The van der Waals surface area contributed by atoms with Crippen molar-refractivity contribution in [2.45, 2.75) is 11.8 Å². The van der Waals surface area contributed by atoms with Crippen molar-refractivity contribution in [1.29, 1.82) is 0 Å². The molecular weight excluding hydrogens is 359 g/mol. The first-order valence-electron chi connectivity index (χ1n) is 7.60. The fourth-order valence-corrected chi connectivity index (χ4v) is 3.65. The summed E-state index contributed by atoms with van der Waals surface area (Å²) in [5.74, 6) is -1.10. The average Bonchev–Trinajstić information content (AvgIpc) is 3.13. The number of carbonyl (C=O) groups is 1. The number of para-hydroxylation sites is 1. The quantitative estimate of drug-likeness (QED) is 0.711. The third-order valence-corrected chi connectivity index (χ3v) is 5.11. The Labute approximate surface area is 149 Å². The first-order chi connectivity index (χ1) is 12.4. The number of aryl methyl sites for hydroxylation is 1. The van der Waals surface area contributed by atoms with Crippen molar-refractivity contribution in [2.24, 2.45) is 0 Å². The molecule has 0 radical (unpaired) electrons. The minimum atomic E-state index is -4.04. The number of halogens is 1. The first kappa shape index (κ1) is 17.7. The van der Waals surface area contributed by atoms with Gasteiger partial charge in [-0.2, -0.15) is 0 Å². The van der Waals surface area contributed by atoms with Gasteiger partial charge in [-0.1, -0.05) is 18.2 Å². The fourth-order valence-electron chi connectivity index (χ4n) is 2.31. The van der Waals surface area contributed by atoms with Crippen LogP contribution in [0.3, 0.4) is 0 Å². The summed E-state index contributed by atoms with van der Waals surface area (Å²) in [6.07, 6.45) is 1.36. The molecule has 26 heavy (non-hydrogen) atoms. The number of furan rings is 1. The van der Waals surface area contributed by atoms with E-state index in [0.29, 0.717) is 5.56 Å². The summed E-state index contributed by atoms with van der Waals surface area (Å²) in [5.41, 5.74) is 0.563. The first-order valence-corrected chi connectivity index (χ1v) is 9.08. The Balaban J connectivity index is 1.89. The minimum absolute atomic E-state index is 0.0713. The van der Waals surface area contributed by atoms with E-state index >= 15 is 0 Å². The number of carbonyl (C=O) groups excluding carboxylic acids is 1. The van der Waals surface area contributed by atoms with Gasteiger partial charge in [-0.15, -0.1) is 0 Å². The van der Waals surface area contributed by atoms with Crippen LogP contribution in [0.1, 0.15) is 16.1 Å². The Morgan fingerprint density at radius 2 is 1.85 bits per heavy atom. The predicted molar refractivity (Wildman–Crippen MR) is 95.0 cm³/mol. The Bertz CT molecular complexity index is 1050. The SMILES string of the molecule is Cc1ccc(NC(=O)c2ccco2)cc1S(=O)(=O)Nc1ccccc1F. The molecule has 1 heterocycles. The molecule has 3 rings (SSSR count). The second-order valence-corrected chi connectivity index (χ2v) is 7.15. The molecule has 0 saturated carbocycles. The van der Waals surface area contributed by atoms with Crippen LogP contribution in [0.15, 0.2) is 70.2 Å². The third kappa shape index (κ3) is 3.75. The lowest BCUT2D eigenvalue weighted by molar-refractivity contribution is 0.0996. The molecular formula is C18H15FN2O4S. The summed E-state index contributed by atoms with van der Waals surface area (Å²) in [6, 6.07) is 12.9. The smallest absolute Gasteiger partial charge is 0.291 e. The Hall–Kier alpha value is -3.13. The van der Waals surface area contributed by atoms with Gasteiger partial charge in [0, 0.05) is 5.69 Å². The zero-order valence-corrected chi connectivity index (χ0v) is 14.5. The maximum absolute atomic E-state index is 13.8. The maximum atomic E-state index is 13.8. The van der Waals surface area contributed by atoms with Crippen molar-refractivity contribution >= 4 is 27.3 Å². The van der Waals surface area contributed by atoms with E-state index in [4.69, 9.17) is 4.42 Å². The summed E-state index contributed by atoms with van der Waals surface area (Å²) in [7, 11) is -4.04. The lowest BCUT2D eigenvalue weighted by Crippen LogP contribution is -2.16. The largest absolute Gasteiger partial charge is 0.459 e. The summed E-state index contributed by atoms with van der Waals surface area (Å²) in [5, 5.41) is 2.56. The molecule has 2 N–H and O–H groups in total. The van der Waals surface area contributed by atoms with Gasteiger partial charge in [0.25, 0.3) is 15.9 Å². The number of anilines is 2. The molecule has 2 aromatic carbocycles. The normalized spacial score (nSPS) is 11.2. The molecule has 8 heteroatoms. The van der Waals surface area contributed by atoms with Crippen molar-refractivity contribution in [3.63, 3.8) is 0 Å². The third-order valence-electron chi connectivity index (χ3n) is 3.60. The highest BCUT2D eigenvalue weighted by Crippen LogP contribution is 2.24. The van der Waals surface area contributed by atoms with E-state index < -0.39 is 21.7 Å². The molecule has 0 aliphatic rings. The van der Waals surface area contributed by atoms with Gasteiger partial charge in [0.1, 0.15) is 5.82 Å². The second-order valence-electron chi connectivity index (χ2n) is 5.50. The van der Waals surface area contributed by atoms with Crippen LogP contribution >= 0.6 is 0 Å². The van der Waals surface area contributed by atoms with Gasteiger partial charge in [0.05, 0.1) is 16.8 Å². The highest BCUT2D eigenvalue weighted by molar-refractivity contribution is 7.92. The van der Waals surface area contributed by atoms with Crippen LogP contribution < -0.4 is 10.0 Å². The van der Waals surface area contributed by atoms with Crippen molar-refractivity contribution in [3.8, 4) is 0 Å². The fraction of sp³-hybridized carbons (Fsp3) is 0.0556. The van der Waals surface area contributed by atoms with Crippen molar-refractivity contribution < 1.29 is 22.0 Å². The number of sulfonamides is 1. The number of nitrogens with one attached hydrogen (secondary N) is 2. The zero-order chi connectivity index (χ0) is 18.7. The van der Waals surface area contributed by atoms with E-state index in [1.54, 1.807) is 25.1 Å². The highest BCUT2D eigenvalue weighted by atomic mass is 32.2. The minimum Gasteiger partial charge on any atom is -0.459 e.